The molecule has 0 unspecified atom stereocenters. The molecule has 37 heavy (non-hydrogen) atoms. The van der Waals surface area contributed by atoms with Crippen molar-refractivity contribution in [3.63, 3.8) is 0 Å². The van der Waals surface area contributed by atoms with E-state index >= 15 is 0 Å². The summed E-state index contributed by atoms with van der Waals surface area (Å²) in [4.78, 5) is 5.01. The van der Waals surface area contributed by atoms with Crippen molar-refractivity contribution in [1.29, 1.82) is 0 Å². The first-order chi connectivity index (χ1) is 17.8. The molecule has 0 atom stereocenters. The van der Waals surface area contributed by atoms with Gasteiger partial charge < -0.3 is 4.57 Å². The van der Waals surface area contributed by atoms with E-state index in [1.54, 1.807) is 54.7 Å². The van der Waals surface area contributed by atoms with E-state index in [-0.39, 0.29) is 10.7 Å². The molecule has 4 aromatic carbocycles. The molecule has 2 heterocycles. The molecule has 0 N–H and O–H groups in total. The first-order valence-corrected chi connectivity index (χ1v) is 13.4. The van der Waals surface area contributed by atoms with Gasteiger partial charge in [0, 0.05) is 11.6 Å². The highest BCUT2D eigenvalue weighted by Gasteiger charge is 2.23. The smallest absolute Gasteiger partial charge is 0.268 e. The van der Waals surface area contributed by atoms with Gasteiger partial charge in [0.2, 0.25) is 0 Å². The van der Waals surface area contributed by atoms with Crippen molar-refractivity contribution >= 4 is 32.0 Å². The van der Waals surface area contributed by atoms with Crippen molar-refractivity contribution in [1.82, 2.24) is 13.5 Å². The largest absolute Gasteiger partial charge is 0.319 e. The molecule has 5 nitrogen and oxygen atoms in total. The van der Waals surface area contributed by atoms with Crippen molar-refractivity contribution in [2.45, 2.75) is 25.3 Å². The van der Waals surface area contributed by atoms with Crippen LogP contribution in [0.15, 0.2) is 102 Å². The highest BCUT2D eigenvalue weighted by molar-refractivity contribution is 7.90. The van der Waals surface area contributed by atoms with Crippen LogP contribution < -0.4 is 0 Å². The van der Waals surface area contributed by atoms with Crippen molar-refractivity contribution in [3.05, 3.63) is 120 Å². The van der Waals surface area contributed by atoms with E-state index in [1.165, 1.54) is 10.0 Å². The Bertz CT molecular complexity index is 1900. The van der Waals surface area contributed by atoms with Gasteiger partial charge in [-0.1, -0.05) is 54.1 Å². The maximum atomic E-state index is 14.9. The molecular formula is C30H24FN3O2S. The lowest BCUT2D eigenvalue weighted by atomic mass is 10.1. The number of hydrogen-bond donors (Lipinski definition) is 0. The minimum Gasteiger partial charge on any atom is -0.319 e. The van der Waals surface area contributed by atoms with E-state index in [4.69, 9.17) is 4.98 Å². The first kappa shape index (κ1) is 23.2. The SMILES string of the molecule is Cc1ccc(S(=O)(=O)n2cc(Cn3c(-c4ccccc4F)nc4cc(C)ccc43)c3ccccc32)cc1. The molecule has 0 fully saturated rings. The van der Waals surface area contributed by atoms with Gasteiger partial charge >= 0.3 is 0 Å². The lowest BCUT2D eigenvalue weighted by Gasteiger charge is -2.10. The number of hydrogen-bond acceptors (Lipinski definition) is 3. The van der Waals surface area contributed by atoms with Crippen LogP contribution in [-0.4, -0.2) is 21.9 Å². The molecule has 6 aromatic rings. The molecular weight excluding hydrogens is 485 g/mol. The standard InChI is InChI=1S/C30H24FN3O2S/c1-20-11-14-23(15-12-20)37(35,36)34-19-22(24-7-4-6-10-28(24)34)18-33-29-16-13-21(2)17-27(29)32-30(33)25-8-3-5-9-26(25)31/h3-17,19H,18H2,1-2H3. The fourth-order valence-electron chi connectivity index (χ4n) is 4.79. The molecule has 7 heteroatoms. The van der Waals surface area contributed by atoms with Crippen LogP contribution in [0, 0.1) is 19.7 Å². The predicted octanol–water partition coefficient (Wildman–Crippen LogP) is 6.70. The van der Waals surface area contributed by atoms with Crippen molar-refractivity contribution in [2.24, 2.45) is 0 Å². The Labute approximate surface area is 214 Å². The number of nitrogens with zero attached hydrogens (tertiary/aromatic N) is 3. The van der Waals surface area contributed by atoms with Crippen LogP contribution in [0.4, 0.5) is 4.39 Å². The van der Waals surface area contributed by atoms with Crippen molar-refractivity contribution in [3.8, 4) is 11.4 Å². The molecule has 0 saturated carbocycles. The molecule has 0 spiro atoms. The lowest BCUT2D eigenvalue weighted by Crippen LogP contribution is -2.12. The van der Waals surface area contributed by atoms with Gasteiger partial charge in [0.25, 0.3) is 10.0 Å². The van der Waals surface area contributed by atoms with E-state index in [0.717, 1.165) is 33.1 Å². The van der Waals surface area contributed by atoms with E-state index in [1.807, 2.05) is 54.8 Å². The highest BCUT2D eigenvalue weighted by Crippen LogP contribution is 2.32. The zero-order chi connectivity index (χ0) is 25.7. The Balaban J connectivity index is 1.56. The summed E-state index contributed by atoms with van der Waals surface area (Å²) >= 11 is 0. The van der Waals surface area contributed by atoms with Gasteiger partial charge in [0.1, 0.15) is 11.6 Å². The van der Waals surface area contributed by atoms with E-state index in [2.05, 4.69) is 0 Å². The van der Waals surface area contributed by atoms with Crippen molar-refractivity contribution in [2.75, 3.05) is 0 Å². The summed E-state index contributed by atoms with van der Waals surface area (Å²) in [7, 11) is -3.83. The zero-order valence-corrected chi connectivity index (χ0v) is 21.2. The summed E-state index contributed by atoms with van der Waals surface area (Å²) < 4.78 is 45.5. The molecule has 0 bridgehead atoms. The third-order valence-corrected chi connectivity index (χ3v) is 8.37. The number of imidazole rings is 1. The van der Waals surface area contributed by atoms with Crippen LogP contribution >= 0.6 is 0 Å². The van der Waals surface area contributed by atoms with E-state index in [9.17, 15) is 12.8 Å². The van der Waals surface area contributed by atoms with Crippen LogP contribution in [0.3, 0.4) is 0 Å². The Morgan fingerprint density at radius 3 is 2.30 bits per heavy atom. The van der Waals surface area contributed by atoms with Crippen LogP contribution in [0.5, 0.6) is 0 Å². The zero-order valence-electron chi connectivity index (χ0n) is 20.4. The van der Waals surface area contributed by atoms with Gasteiger partial charge in [-0.3, -0.25) is 0 Å². The van der Waals surface area contributed by atoms with E-state index in [0.29, 0.717) is 23.4 Å². The maximum Gasteiger partial charge on any atom is 0.268 e. The maximum absolute atomic E-state index is 14.9. The Morgan fingerprint density at radius 2 is 1.51 bits per heavy atom. The summed E-state index contributed by atoms with van der Waals surface area (Å²) in [5, 5.41) is 0.812. The van der Waals surface area contributed by atoms with Crippen LogP contribution in [-0.2, 0) is 16.6 Å². The van der Waals surface area contributed by atoms with E-state index < -0.39 is 10.0 Å². The van der Waals surface area contributed by atoms with Crippen molar-refractivity contribution < 1.29 is 12.8 Å². The fraction of sp³-hybridized carbons (Fsp3) is 0.100. The summed E-state index contributed by atoms with van der Waals surface area (Å²) in [6.45, 7) is 4.23. The van der Waals surface area contributed by atoms with Crippen LogP contribution in [0.25, 0.3) is 33.3 Å². The third kappa shape index (κ3) is 3.92. The second-order valence-corrected chi connectivity index (χ2v) is 11.1. The Kier molecular flexibility index (Phi) is 5.46. The second kappa shape index (κ2) is 8.71. The van der Waals surface area contributed by atoms with Gasteiger partial charge in [-0.25, -0.2) is 21.8 Å². The quantitative estimate of drug-likeness (QED) is 0.260. The minimum absolute atomic E-state index is 0.223. The highest BCUT2D eigenvalue weighted by atomic mass is 32.2. The minimum atomic E-state index is -3.83. The van der Waals surface area contributed by atoms with Gasteiger partial charge in [-0.2, -0.15) is 0 Å². The van der Waals surface area contributed by atoms with Gasteiger partial charge in [0.15, 0.2) is 0 Å². The normalized spacial score (nSPS) is 12.0. The molecule has 0 aliphatic rings. The molecule has 2 aromatic heterocycles. The fourth-order valence-corrected chi connectivity index (χ4v) is 6.18. The van der Waals surface area contributed by atoms with Gasteiger partial charge in [0.05, 0.1) is 33.6 Å². The molecule has 0 amide bonds. The molecule has 0 aliphatic carbocycles. The number of para-hydroxylation sites is 1. The number of rotatable bonds is 5. The number of aryl methyl sites for hydroxylation is 2. The molecule has 0 aliphatic heterocycles. The number of halogens is 1. The summed E-state index contributed by atoms with van der Waals surface area (Å²) in [5.41, 5.74) is 5.43. The average Bonchev–Trinajstić information content (AvgIpc) is 3.43. The summed E-state index contributed by atoms with van der Waals surface area (Å²) in [6, 6.07) is 26.8. The Hall–Kier alpha value is -4.23. The Morgan fingerprint density at radius 1 is 0.811 bits per heavy atom. The summed E-state index contributed by atoms with van der Waals surface area (Å²) in [6.07, 6.45) is 1.67. The molecule has 0 radical (unpaired) electrons. The molecule has 184 valence electrons. The molecule has 0 saturated heterocycles. The van der Waals surface area contributed by atoms with Gasteiger partial charge in [-0.15, -0.1) is 0 Å². The topological polar surface area (TPSA) is 56.9 Å². The monoisotopic (exact) mass is 509 g/mol. The third-order valence-electron chi connectivity index (χ3n) is 6.69. The number of aromatic nitrogens is 3. The lowest BCUT2D eigenvalue weighted by molar-refractivity contribution is 0.589. The number of benzene rings is 4. The number of fused-ring (bicyclic) bond motifs is 2. The van der Waals surface area contributed by atoms with Crippen LogP contribution in [0.1, 0.15) is 16.7 Å². The predicted molar refractivity (Wildman–Crippen MR) is 145 cm³/mol. The second-order valence-electron chi connectivity index (χ2n) is 9.28. The average molecular weight is 510 g/mol. The first-order valence-electron chi connectivity index (χ1n) is 12.0. The molecule has 6 rings (SSSR count). The summed E-state index contributed by atoms with van der Waals surface area (Å²) in [5.74, 6) is 0.136. The van der Waals surface area contributed by atoms with Crippen LogP contribution in [0.2, 0.25) is 0 Å². The van der Waals surface area contributed by atoms with Gasteiger partial charge in [-0.05, 0) is 67.4 Å².